The van der Waals surface area contributed by atoms with Gasteiger partial charge in [-0.05, 0) is 32.1 Å². The quantitative estimate of drug-likeness (QED) is 0.724. The minimum Gasteiger partial charge on any atom is -0.350 e. The lowest BCUT2D eigenvalue weighted by Gasteiger charge is -2.44. The summed E-state index contributed by atoms with van der Waals surface area (Å²) in [5.74, 6) is -0.394. The van der Waals surface area contributed by atoms with Crippen LogP contribution in [0.4, 0.5) is 0 Å². The Hall–Kier alpha value is -0.0800. The Labute approximate surface area is 101 Å². The third-order valence-electron chi connectivity index (χ3n) is 3.37. The van der Waals surface area contributed by atoms with E-state index in [9.17, 15) is 0 Å². The van der Waals surface area contributed by atoms with E-state index in [4.69, 9.17) is 9.47 Å². The van der Waals surface area contributed by atoms with Crippen LogP contribution in [0, 0.1) is 10.8 Å². The van der Waals surface area contributed by atoms with Crippen molar-refractivity contribution in [3.8, 4) is 0 Å². The number of hydrogen-bond donors (Lipinski definition) is 0. The van der Waals surface area contributed by atoms with E-state index in [0.29, 0.717) is 5.41 Å². The van der Waals surface area contributed by atoms with Crippen molar-refractivity contribution in [1.29, 1.82) is 0 Å². The molecule has 1 aliphatic heterocycles. The molecular formula is C14H28O2. The van der Waals surface area contributed by atoms with Crippen molar-refractivity contribution in [1.82, 2.24) is 0 Å². The van der Waals surface area contributed by atoms with Gasteiger partial charge in [0, 0.05) is 5.41 Å². The highest BCUT2D eigenvalue weighted by molar-refractivity contribution is 4.85. The van der Waals surface area contributed by atoms with E-state index >= 15 is 0 Å². The molecule has 0 radical (unpaired) electrons. The molecule has 0 aromatic rings. The summed E-state index contributed by atoms with van der Waals surface area (Å²) in [4.78, 5) is 0. The monoisotopic (exact) mass is 228 g/mol. The van der Waals surface area contributed by atoms with E-state index in [1.54, 1.807) is 0 Å². The van der Waals surface area contributed by atoms with Crippen LogP contribution in [0.3, 0.4) is 0 Å². The molecule has 0 atom stereocenters. The van der Waals surface area contributed by atoms with Crippen LogP contribution in [0.5, 0.6) is 0 Å². The highest BCUT2D eigenvalue weighted by atomic mass is 16.7. The van der Waals surface area contributed by atoms with Crippen LogP contribution >= 0.6 is 0 Å². The molecule has 0 bridgehead atoms. The third kappa shape index (κ3) is 4.06. The molecule has 2 heteroatoms. The number of rotatable bonds is 4. The van der Waals surface area contributed by atoms with Gasteiger partial charge in [-0.25, -0.2) is 0 Å². The fourth-order valence-corrected chi connectivity index (χ4v) is 2.80. The molecule has 1 rings (SSSR count). The maximum Gasteiger partial charge on any atom is 0.162 e. The van der Waals surface area contributed by atoms with E-state index in [-0.39, 0.29) is 5.41 Å². The first-order valence-corrected chi connectivity index (χ1v) is 6.46. The molecule has 0 N–H and O–H groups in total. The van der Waals surface area contributed by atoms with Crippen LogP contribution < -0.4 is 0 Å². The second kappa shape index (κ2) is 4.66. The summed E-state index contributed by atoms with van der Waals surface area (Å²) in [6.45, 7) is 14.8. The van der Waals surface area contributed by atoms with Crippen molar-refractivity contribution >= 4 is 0 Å². The Morgan fingerprint density at radius 1 is 1.06 bits per heavy atom. The number of hydrogen-bond acceptors (Lipinski definition) is 2. The zero-order valence-corrected chi connectivity index (χ0v) is 11.9. The molecule has 16 heavy (non-hydrogen) atoms. The van der Waals surface area contributed by atoms with E-state index < -0.39 is 5.79 Å². The summed E-state index contributed by atoms with van der Waals surface area (Å²) < 4.78 is 11.6. The molecule has 0 spiro atoms. The Bertz CT molecular complexity index is 221. The van der Waals surface area contributed by atoms with Gasteiger partial charge in [-0.1, -0.05) is 34.1 Å². The van der Waals surface area contributed by atoms with Gasteiger partial charge < -0.3 is 9.47 Å². The van der Waals surface area contributed by atoms with Crippen molar-refractivity contribution < 1.29 is 9.47 Å². The Kier molecular flexibility index (Phi) is 4.07. The molecule has 96 valence electrons. The lowest BCUT2D eigenvalue weighted by Crippen LogP contribution is -2.46. The van der Waals surface area contributed by atoms with Gasteiger partial charge in [0.25, 0.3) is 0 Å². The lowest BCUT2D eigenvalue weighted by molar-refractivity contribution is -0.286. The maximum atomic E-state index is 5.78. The summed E-state index contributed by atoms with van der Waals surface area (Å²) in [7, 11) is 0. The van der Waals surface area contributed by atoms with E-state index in [2.05, 4.69) is 27.7 Å². The molecule has 1 saturated heterocycles. The Morgan fingerprint density at radius 2 is 1.56 bits per heavy atom. The number of ether oxygens (including phenoxy) is 2. The van der Waals surface area contributed by atoms with Crippen LogP contribution in [-0.2, 0) is 9.47 Å². The summed E-state index contributed by atoms with van der Waals surface area (Å²) >= 11 is 0. The van der Waals surface area contributed by atoms with Gasteiger partial charge in [0.05, 0.1) is 13.2 Å². The zero-order chi connectivity index (χ0) is 12.4. The third-order valence-corrected chi connectivity index (χ3v) is 3.37. The topological polar surface area (TPSA) is 18.5 Å². The van der Waals surface area contributed by atoms with Crippen molar-refractivity contribution in [2.24, 2.45) is 10.8 Å². The minimum absolute atomic E-state index is 0.175. The molecule has 0 aromatic carbocycles. The molecule has 2 nitrogen and oxygen atoms in total. The second-order valence-electron chi connectivity index (χ2n) is 6.88. The van der Waals surface area contributed by atoms with Crippen molar-refractivity contribution in [2.75, 3.05) is 13.2 Å². The fraction of sp³-hybridized carbons (Fsp3) is 1.00. The molecule has 0 aliphatic carbocycles. The predicted molar refractivity (Wildman–Crippen MR) is 67.4 cm³/mol. The van der Waals surface area contributed by atoms with Gasteiger partial charge in [-0.15, -0.1) is 0 Å². The summed E-state index contributed by atoms with van der Waals surface area (Å²) in [6.07, 6.45) is 3.69. The van der Waals surface area contributed by atoms with Crippen molar-refractivity contribution in [2.45, 2.75) is 66.6 Å². The molecule has 0 saturated carbocycles. The molecule has 0 amide bonds. The highest BCUT2D eigenvalue weighted by Gasteiger charge is 2.39. The highest BCUT2D eigenvalue weighted by Crippen LogP contribution is 2.41. The van der Waals surface area contributed by atoms with Crippen molar-refractivity contribution in [3.05, 3.63) is 0 Å². The van der Waals surface area contributed by atoms with E-state index in [0.717, 1.165) is 13.2 Å². The van der Waals surface area contributed by atoms with Crippen molar-refractivity contribution in [3.63, 3.8) is 0 Å². The second-order valence-corrected chi connectivity index (χ2v) is 6.88. The first-order valence-electron chi connectivity index (χ1n) is 6.46. The van der Waals surface area contributed by atoms with Crippen LogP contribution in [0.2, 0.25) is 0 Å². The van der Waals surface area contributed by atoms with Gasteiger partial charge in [0.2, 0.25) is 0 Å². The minimum atomic E-state index is -0.394. The van der Waals surface area contributed by atoms with Gasteiger partial charge in [0.15, 0.2) is 5.79 Å². The molecule has 0 unspecified atom stereocenters. The zero-order valence-electron chi connectivity index (χ0n) is 11.9. The molecule has 1 fully saturated rings. The summed E-state index contributed by atoms with van der Waals surface area (Å²) in [5, 5.41) is 0. The summed E-state index contributed by atoms with van der Waals surface area (Å²) in [5.41, 5.74) is 0.561. The van der Waals surface area contributed by atoms with E-state index in [1.165, 1.54) is 19.3 Å². The molecular weight excluding hydrogens is 200 g/mol. The molecule has 1 heterocycles. The normalized spacial score (nSPS) is 24.4. The van der Waals surface area contributed by atoms with Gasteiger partial charge in [-0.2, -0.15) is 0 Å². The van der Waals surface area contributed by atoms with Crippen LogP contribution in [0.15, 0.2) is 0 Å². The predicted octanol–water partition coefficient (Wildman–Crippen LogP) is 3.99. The van der Waals surface area contributed by atoms with Gasteiger partial charge >= 0.3 is 0 Å². The smallest absolute Gasteiger partial charge is 0.162 e. The Morgan fingerprint density at radius 3 is 2.00 bits per heavy atom. The molecule has 0 aromatic heterocycles. The summed E-state index contributed by atoms with van der Waals surface area (Å²) in [6, 6.07) is 0. The van der Waals surface area contributed by atoms with Crippen LogP contribution in [-0.4, -0.2) is 19.0 Å². The lowest BCUT2D eigenvalue weighted by atomic mass is 9.72. The largest absolute Gasteiger partial charge is 0.350 e. The fourth-order valence-electron chi connectivity index (χ4n) is 2.80. The SMILES string of the molecule is CCCC(C)(C)CC1(C)COC(C)(C)OC1. The first-order chi connectivity index (χ1) is 7.18. The van der Waals surface area contributed by atoms with Crippen LogP contribution in [0.1, 0.15) is 60.8 Å². The first kappa shape index (κ1) is 14.0. The average molecular weight is 228 g/mol. The molecule has 1 aliphatic rings. The Balaban J connectivity index is 2.54. The van der Waals surface area contributed by atoms with E-state index in [1.807, 2.05) is 13.8 Å². The standard InChI is InChI=1S/C14H28O2/c1-7-8-12(2,3)9-14(6)10-15-13(4,5)16-11-14/h7-11H2,1-6H3. The van der Waals surface area contributed by atoms with Gasteiger partial charge in [0.1, 0.15) is 0 Å². The average Bonchev–Trinajstić information content (AvgIpc) is 2.10. The maximum absolute atomic E-state index is 5.78. The van der Waals surface area contributed by atoms with Crippen LogP contribution in [0.25, 0.3) is 0 Å². The van der Waals surface area contributed by atoms with Gasteiger partial charge in [-0.3, -0.25) is 0 Å².